The van der Waals surface area contributed by atoms with Gasteiger partial charge >= 0.3 is 0 Å². The van der Waals surface area contributed by atoms with Crippen LogP contribution in [0.2, 0.25) is 0 Å². The molecule has 0 aromatic heterocycles. The van der Waals surface area contributed by atoms with Gasteiger partial charge in [0, 0.05) is 31.4 Å². The number of carbonyl (C=O) groups is 1. The topological polar surface area (TPSA) is 64.4 Å². The van der Waals surface area contributed by atoms with Crippen LogP contribution in [0.15, 0.2) is 24.3 Å². The summed E-state index contributed by atoms with van der Waals surface area (Å²) in [6.07, 6.45) is 11.3. The fourth-order valence-corrected chi connectivity index (χ4v) is 3.22. The molecule has 1 fully saturated rings. The second-order valence-electron chi connectivity index (χ2n) is 6.67. The molecule has 0 saturated heterocycles. The van der Waals surface area contributed by atoms with Crippen molar-refractivity contribution in [1.29, 1.82) is 0 Å². The summed E-state index contributed by atoms with van der Waals surface area (Å²) in [6.45, 7) is 0.653. The molecule has 0 heterocycles. The van der Waals surface area contributed by atoms with Gasteiger partial charge in [0.2, 0.25) is 0 Å². The summed E-state index contributed by atoms with van der Waals surface area (Å²) in [4.78, 5) is 12.0. The molecule has 1 N–H and O–H groups in total. The lowest BCUT2D eigenvalue weighted by Gasteiger charge is -2.20. The van der Waals surface area contributed by atoms with Crippen molar-refractivity contribution in [3.63, 3.8) is 0 Å². The van der Waals surface area contributed by atoms with Crippen LogP contribution < -0.4 is 10.1 Å². The zero-order valence-electron chi connectivity index (χ0n) is 15.2. The summed E-state index contributed by atoms with van der Waals surface area (Å²) in [7, 11) is 1.59. The molecule has 1 saturated carbocycles. The van der Waals surface area contributed by atoms with E-state index in [4.69, 9.17) is 4.74 Å². The molecule has 1 aliphatic carbocycles. The summed E-state index contributed by atoms with van der Waals surface area (Å²) >= 11 is 0. The monoisotopic (exact) mass is 346 g/mol. The smallest absolute Gasteiger partial charge is 0.251 e. The van der Waals surface area contributed by atoms with Crippen molar-refractivity contribution in [1.82, 2.24) is 5.32 Å². The third kappa shape index (κ3) is 6.77. The first kappa shape index (κ1) is 19.3. The molecule has 0 radical (unpaired) electrons. The summed E-state index contributed by atoms with van der Waals surface area (Å²) in [6, 6.07) is 7.35. The minimum absolute atomic E-state index is 0.0755. The molecule has 1 amide bonds. The predicted molar refractivity (Wildman–Crippen MR) is 100 cm³/mol. The fourth-order valence-electron chi connectivity index (χ4n) is 3.22. The van der Waals surface area contributed by atoms with E-state index in [-0.39, 0.29) is 11.9 Å². The van der Waals surface area contributed by atoms with E-state index in [9.17, 15) is 10.0 Å². The van der Waals surface area contributed by atoms with E-state index >= 15 is 0 Å². The van der Waals surface area contributed by atoms with E-state index in [1.54, 1.807) is 19.2 Å². The van der Waals surface area contributed by atoms with Gasteiger partial charge in [0.05, 0.1) is 7.11 Å². The average molecular weight is 346 g/mol. The summed E-state index contributed by atoms with van der Waals surface area (Å²) in [5.41, 5.74) is 0.613. The first-order chi connectivity index (χ1) is 12.2. The van der Waals surface area contributed by atoms with Crippen LogP contribution in [-0.4, -0.2) is 36.6 Å². The Labute approximate surface area is 150 Å². The SMILES string of the molecule is COc1cccc(C(=O)NCCCCC/C=[N+](\[O-])C2CCCCC2)c1. The van der Waals surface area contributed by atoms with Crippen LogP contribution >= 0.6 is 0 Å². The van der Waals surface area contributed by atoms with Gasteiger partial charge in [-0.2, -0.15) is 0 Å². The molecule has 1 aliphatic rings. The van der Waals surface area contributed by atoms with Gasteiger partial charge in [0.1, 0.15) is 5.75 Å². The Kier molecular flexibility index (Phi) is 8.29. The molecular formula is C20H30N2O3. The molecule has 0 bridgehead atoms. The van der Waals surface area contributed by atoms with Crippen LogP contribution in [0.4, 0.5) is 0 Å². The van der Waals surface area contributed by atoms with Crippen molar-refractivity contribution in [3.8, 4) is 5.75 Å². The molecule has 5 nitrogen and oxygen atoms in total. The lowest BCUT2D eigenvalue weighted by molar-refractivity contribution is -0.502. The van der Waals surface area contributed by atoms with E-state index in [0.29, 0.717) is 17.9 Å². The van der Waals surface area contributed by atoms with E-state index in [1.807, 2.05) is 18.3 Å². The lowest BCUT2D eigenvalue weighted by atomic mass is 9.96. The van der Waals surface area contributed by atoms with Gasteiger partial charge in [-0.05, 0) is 43.9 Å². The lowest BCUT2D eigenvalue weighted by Crippen LogP contribution is -2.25. The second-order valence-corrected chi connectivity index (χ2v) is 6.67. The van der Waals surface area contributed by atoms with Crippen LogP contribution in [0.3, 0.4) is 0 Å². The van der Waals surface area contributed by atoms with Crippen LogP contribution in [0.25, 0.3) is 0 Å². The van der Waals surface area contributed by atoms with Crippen molar-refractivity contribution in [2.75, 3.05) is 13.7 Å². The van der Waals surface area contributed by atoms with Gasteiger partial charge in [-0.3, -0.25) is 4.79 Å². The van der Waals surface area contributed by atoms with Crippen LogP contribution in [-0.2, 0) is 0 Å². The Morgan fingerprint density at radius 1 is 1.28 bits per heavy atom. The van der Waals surface area contributed by atoms with Gasteiger partial charge < -0.3 is 15.3 Å². The Morgan fingerprint density at radius 3 is 2.84 bits per heavy atom. The van der Waals surface area contributed by atoms with Crippen molar-refractivity contribution in [3.05, 3.63) is 35.0 Å². The average Bonchev–Trinajstić information content (AvgIpc) is 2.67. The largest absolute Gasteiger partial charge is 0.624 e. The van der Waals surface area contributed by atoms with Gasteiger partial charge in [-0.25, -0.2) is 4.74 Å². The summed E-state index contributed by atoms with van der Waals surface area (Å²) in [5.74, 6) is 0.608. The predicted octanol–water partition coefficient (Wildman–Crippen LogP) is 3.90. The first-order valence-corrected chi connectivity index (χ1v) is 9.42. The van der Waals surface area contributed by atoms with Crippen LogP contribution in [0.1, 0.15) is 68.1 Å². The van der Waals surface area contributed by atoms with Gasteiger partial charge in [0.15, 0.2) is 12.3 Å². The highest BCUT2D eigenvalue weighted by molar-refractivity contribution is 5.94. The number of unbranched alkanes of at least 4 members (excludes halogenated alkanes) is 3. The number of carbonyl (C=O) groups excluding carboxylic acids is 1. The highest BCUT2D eigenvalue weighted by atomic mass is 16.5. The number of rotatable bonds is 9. The number of hydroxylamine groups is 1. The maximum absolute atomic E-state index is 12.0. The van der Waals surface area contributed by atoms with Gasteiger partial charge in [-0.1, -0.05) is 18.9 Å². The number of benzene rings is 1. The standard InChI is InChI=1S/C20H30N2O3/c1-25-19-13-9-10-17(16-19)20(23)21-14-7-2-3-8-15-22(24)18-11-5-4-6-12-18/h9-10,13,15-16,18H,2-8,11-12,14H2,1H3,(H,21,23)/b22-15-. The number of methoxy groups -OCH3 is 1. The molecule has 1 aromatic rings. The third-order valence-corrected chi connectivity index (χ3v) is 4.74. The Bertz CT molecular complexity index is 566. The van der Waals surface area contributed by atoms with E-state index in [0.717, 1.165) is 38.5 Å². The highest BCUT2D eigenvalue weighted by Crippen LogP contribution is 2.19. The molecule has 138 valence electrons. The molecule has 0 aliphatic heterocycles. The fraction of sp³-hybridized carbons (Fsp3) is 0.600. The molecule has 0 unspecified atom stereocenters. The number of hydrogen-bond acceptors (Lipinski definition) is 3. The summed E-state index contributed by atoms with van der Waals surface area (Å²) in [5, 5.41) is 14.9. The number of amides is 1. The minimum Gasteiger partial charge on any atom is -0.624 e. The number of nitrogens with one attached hydrogen (secondary N) is 1. The molecule has 1 aromatic carbocycles. The maximum Gasteiger partial charge on any atom is 0.251 e. The Balaban J connectivity index is 1.57. The zero-order chi connectivity index (χ0) is 17.9. The van der Waals surface area contributed by atoms with E-state index < -0.39 is 0 Å². The molecule has 2 rings (SSSR count). The van der Waals surface area contributed by atoms with Gasteiger partial charge in [-0.15, -0.1) is 0 Å². The minimum atomic E-state index is -0.0755. The van der Waals surface area contributed by atoms with Crippen LogP contribution in [0.5, 0.6) is 5.75 Å². The van der Waals surface area contributed by atoms with Crippen molar-refractivity contribution in [2.24, 2.45) is 0 Å². The number of nitrogens with zero attached hydrogens (tertiary/aromatic N) is 1. The molecule has 0 spiro atoms. The Hall–Kier alpha value is -2.04. The first-order valence-electron chi connectivity index (χ1n) is 9.42. The van der Waals surface area contributed by atoms with Crippen molar-refractivity contribution < 1.29 is 14.3 Å². The Morgan fingerprint density at radius 2 is 2.08 bits per heavy atom. The highest BCUT2D eigenvalue weighted by Gasteiger charge is 2.18. The van der Waals surface area contributed by atoms with Gasteiger partial charge in [0.25, 0.3) is 5.91 Å². The van der Waals surface area contributed by atoms with E-state index in [2.05, 4.69) is 5.32 Å². The molecular weight excluding hydrogens is 316 g/mol. The van der Waals surface area contributed by atoms with E-state index in [1.165, 1.54) is 24.0 Å². The quantitative estimate of drug-likeness (QED) is 0.242. The molecule has 5 heteroatoms. The number of ether oxygens (including phenoxy) is 1. The van der Waals surface area contributed by atoms with Crippen molar-refractivity contribution >= 4 is 12.1 Å². The zero-order valence-corrected chi connectivity index (χ0v) is 15.2. The second kappa shape index (κ2) is 10.7. The third-order valence-electron chi connectivity index (χ3n) is 4.74. The normalized spacial score (nSPS) is 15.8. The maximum atomic E-state index is 12.0. The van der Waals surface area contributed by atoms with Crippen LogP contribution in [0, 0.1) is 5.21 Å². The number of hydrogen-bond donors (Lipinski definition) is 1. The summed E-state index contributed by atoms with van der Waals surface area (Å²) < 4.78 is 6.31. The van der Waals surface area contributed by atoms with Crippen molar-refractivity contribution in [2.45, 2.75) is 63.8 Å². The molecule has 0 atom stereocenters. The molecule has 25 heavy (non-hydrogen) atoms.